The molecule has 0 fully saturated rings. The molecule has 0 bridgehead atoms. The van der Waals surface area contributed by atoms with Crippen molar-refractivity contribution in [1.29, 1.82) is 0 Å². The van der Waals surface area contributed by atoms with Crippen molar-refractivity contribution in [3.63, 3.8) is 0 Å². The van der Waals surface area contributed by atoms with E-state index >= 15 is 0 Å². The van der Waals surface area contributed by atoms with Crippen molar-refractivity contribution in [3.8, 4) is 5.88 Å². The molecule has 1 heterocycles. The Morgan fingerprint density at radius 1 is 1.62 bits per heavy atom. The molecule has 0 aliphatic rings. The molecule has 0 aliphatic carbocycles. The molecule has 0 saturated carbocycles. The van der Waals surface area contributed by atoms with Gasteiger partial charge in [0.2, 0.25) is 5.88 Å². The third-order valence-electron chi connectivity index (χ3n) is 1.93. The highest BCUT2D eigenvalue weighted by Crippen LogP contribution is 2.12. The van der Waals surface area contributed by atoms with Gasteiger partial charge in [-0.15, -0.1) is 0 Å². The Morgan fingerprint density at radius 2 is 2.38 bits per heavy atom. The number of primary amides is 1. The SMILES string of the molecule is CC(C)NCCOc1ncccc1C(N)=O. The van der Waals surface area contributed by atoms with Crippen LogP contribution in [0.2, 0.25) is 0 Å². The first-order chi connectivity index (χ1) is 7.61. The second-order valence-electron chi connectivity index (χ2n) is 3.68. The van der Waals surface area contributed by atoms with E-state index in [1.54, 1.807) is 18.3 Å². The summed E-state index contributed by atoms with van der Waals surface area (Å²) in [5, 5.41) is 3.20. The van der Waals surface area contributed by atoms with E-state index in [2.05, 4.69) is 24.1 Å². The third kappa shape index (κ3) is 3.86. The summed E-state index contributed by atoms with van der Waals surface area (Å²) in [5.74, 6) is -0.236. The number of amides is 1. The van der Waals surface area contributed by atoms with E-state index < -0.39 is 5.91 Å². The molecule has 0 radical (unpaired) electrons. The number of nitrogens with two attached hydrogens (primary N) is 1. The molecule has 3 N–H and O–H groups in total. The normalized spacial score (nSPS) is 10.4. The van der Waals surface area contributed by atoms with E-state index in [-0.39, 0.29) is 0 Å². The molecule has 0 unspecified atom stereocenters. The lowest BCUT2D eigenvalue weighted by molar-refractivity contribution is 0.0995. The molecule has 5 heteroatoms. The summed E-state index contributed by atoms with van der Waals surface area (Å²) in [7, 11) is 0. The predicted molar refractivity (Wildman–Crippen MR) is 61.4 cm³/mol. The Labute approximate surface area is 95.0 Å². The molecular weight excluding hydrogens is 206 g/mol. The van der Waals surface area contributed by atoms with Gasteiger partial charge in [0, 0.05) is 18.8 Å². The first-order valence-electron chi connectivity index (χ1n) is 5.22. The number of carbonyl (C=O) groups is 1. The topological polar surface area (TPSA) is 77.2 Å². The van der Waals surface area contributed by atoms with Crippen LogP contribution in [0.3, 0.4) is 0 Å². The molecule has 0 spiro atoms. The van der Waals surface area contributed by atoms with Crippen LogP contribution in [-0.4, -0.2) is 30.1 Å². The first-order valence-corrected chi connectivity index (χ1v) is 5.22. The molecule has 16 heavy (non-hydrogen) atoms. The van der Waals surface area contributed by atoms with E-state index in [1.165, 1.54) is 0 Å². The average Bonchev–Trinajstić information content (AvgIpc) is 2.24. The molecule has 1 rings (SSSR count). The van der Waals surface area contributed by atoms with Crippen molar-refractivity contribution in [2.24, 2.45) is 5.73 Å². The summed E-state index contributed by atoms with van der Waals surface area (Å²) in [5.41, 5.74) is 5.50. The summed E-state index contributed by atoms with van der Waals surface area (Å²) in [6.45, 7) is 5.26. The number of hydrogen-bond donors (Lipinski definition) is 2. The van der Waals surface area contributed by atoms with Crippen molar-refractivity contribution < 1.29 is 9.53 Å². The van der Waals surface area contributed by atoms with Crippen molar-refractivity contribution >= 4 is 5.91 Å². The molecule has 0 aromatic carbocycles. The van der Waals surface area contributed by atoms with Gasteiger partial charge in [0.15, 0.2) is 0 Å². The lowest BCUT2D eigenvalue weighted by Gasteiger charge is -2.10. The molecule has 0 atom stereocenters. The lowest BCUT2D eigenvalue weighted by Crippen LogP contribution is -2.28. The minimum Gasteiger partial charge on any atom is -0.476 e. The molecule has 88 valence electrons. The third-order valence-corrected chi connectivity index (χ3v) is 1.93. The van der Waals surface area contributed by atoms with Gasteiger partial charge in [-0.1, -0.05) is 13.8 Å². The maximum absolute atomic E-state index is 11.0. The molecule has 0 aliphatic heterocycles. The van der Waals surface area contributed by atoms with Gasteiger partial charge >= 0.3 is 0 Å². The van der Waals surface area contributed by atoms with E-state index in [0.717, 1.165) is 0 Å². The number of carbonyl (C=O) groups excluding carboxylic acids is 1. The van der Waals surface area contributed by atoms with E-state index in [1.807, 2.05) is 0 Å². The van der Waals surface area contributed by atoms with Crippen LogP contribution in [0, 0.1) is 0 Å². The summed E-state index contributed by atoms with van der Waals surface area (Å²) in [4.78, 5) is 15.0. The maximum Gasteiger partial charge on any atom is 0.254 e. The first kappa shape index (κ1) is 12.4. The van der Waals surface area contributed by atoms with Crippen LogP contribution in [0.1, 0.15) is 24.2 Å². The van der Waals surface area contributed by atoms with Crippen LogP contribution in [0.25, 0.3) is 0 Å². The zero-order valence-electron chi connectivity index (χ0n) is 9.56. The number of nitrogens with one attached hydrogen (secondary N) is 1. The minimum atomic E-state index is -0.528. The van der Waals surface area contributed by atoms with E-state index in [9.17, 15) is 4.79 Å². The molecule has 1 aromatic heterocycles. The van der Waals surface area contributed by atoms with Crippen molar-refractivity contribution in [3.05, 3.63) is 23.9 Å². The minimum absolute atomic E-state index is 0.292. The quantitative estimate of drug-likeness (QED) is 0.691. The van der Waals surface area contributed by atoms with Crippen LogP contribution in [0.5, 0.6) is 5.88 Å². The number of hydrogen-bond acceptors (Lipinski definition) is 4. The Morgan fingerprint density at radius 3 is 3.00 bits per heavy atom. The highest BCUT2D eigenvalue weighted by Gasteiger charge is 2.09. The Kier molecular flexibility index (Phi) is 4.72. The second-order valence-corrected chi connectivity index (χ2v) is 3.68. The van der Waals surface area contributed by atoms with Gasteiger partial charge in [-0.05, 0) is 12.1 Å². The van der Waals surface area contributed by atoms with Gasteiger partial charge < -0.3 is 15.8 Å². The Balaban J connectivity index is 2.50. The average molecular weight is 223 g/mol. The zero-order valence-corrected chi connectivity index (χ0v) is 9.56. The van der Waals surface area contributed by atoms with Crippen LogP contribution >= 0.6 is 0 Å². The lowest BCUT2D eigenvalue weighted by atomic mass is 10.2. The van der Waals surface area contributed by atoms with Gasteiger partial charge in [0.05, 0.1) is 0 Å². The Hall–Kier alpha value is -1.62. The Bertz CT molecular complexity index is 353. The van der Waals surface area contributed by atoms with Crippen LogP contribution in [0.15, 0.2) is 18.3 Å². The van der Waals surface area contributed by atoms with Crippen molar-refractivity contribution in [2.75, 3.05) is 13.2 Å². The summed E-state index contributed by atoms with van der Waals surface area (Å²) < 4.78 is 5.37. The highest BCUT2D eigenvalue weighted by atomic mass is 16.5. The largest absolute Gasteiger partial charge is 0.476 e. The monoisotopic (exact) mass is 223 g/mol. The predicted octanol–water partition coefficient (Wildman–Crippen LogP) is 0.557. The van der Waals surface area contributed by atoms with Crippen LogP contribution in [0.4, 0.5) is 0 Å². The van der Waals surface area contributed by atoms with E-state index in [0.29, 0.717) is 30.6 Å². The van der Waals surface area contributed by atoms with Crippen LogP contribution in [-0.2, 0) is 0 Å². The number of nitrogens with zero attached hydrogens (tertiary/aromatic N) is 1. The summed E-state index contributed by atoms with van der Waals surface area (Å²) in [6, 6.07) is 3.66. The second kappa shape index (κ2) is 6.07. The number of pyridine rings is 1. The summed E-state index contributed by atoms with van der Waals surface area (Å²) in [6.07, 6.45) is 1.57. The number of rotatable bonds is 6. The molecular formula is C11H17N3O2. The fourth-order valence-electron chi connectivity index (χ4n) is 1.19. The fourth-order valence-corrected chi connectivity index (χ4v) is 1.19. The van der Waals surface area contributed by atoms with E-state index in [4.69, 9.17) is 10.5 Å². The highest BCUT2D eigenvalue weighted by molar-refractivity contribution is 5.94. The number of ether oxygens (including phenoxy) is 1. The van der Waals surface area contributed by atoms with Gasteiger partial charge in [0.25, 0.3) is 5.91 Å². The van der Waals surface area contributed by atoms with Gasteiger partial charge in [0.1, 0.15) is 12.2 Å². The standard InChI is InChI=1S/C11H17N3O2/c1-8(2)13-6-7-16-11-9(10(12)15)4-3-5-14-11/h3-5,8,13H,6-7H2,1-2H3,(H2,12,15). The molecule has 5 nitrogen and oxygen atoms in total. The zero-order chi connectivity index (χ0) is 12.0. The van der Waals surface area contributed by atoms with Crippen LogP contribution < -0.4 is 15.8 Å². The van der Waals surface area contributed by atoms with Crippen molar-refractivity contribution in [1.82, 2.24) is 10.3 Å². The molecule has 1 amide bonds. The molecule has 1 aromatic rings. The number of aromatic nitrogens is 1. The van der Waals surface area contributed by atoms with Crippen molar-refractivity contribution in [2.45, 2.75) is 19.9 Å². The smallest absolute Gasteiger partial charge is 0.254 e. The van der Waals surface area contributed by atoms with Gasteiger partial charge in [-0.3, -0.25) is 4.79 Å². The van der Waals surface area contributed by atoms with Gasteiger partial charge in [-0.25, -0.2) is 4.98 Å². The molecule has 0 saturated heterocycles. The maximum atomic E-state index is 11.0. The van der Waals surface area contributed by atoms with Gasteiger partial charge in [-0.2, -0.15) is 0 Å². The fraction of sp³-hybridized carbons (Fsp3) is 0.455. The summed E-state index contributed by atoms with van der Waals surface area (Å²) >= 11 is 0.